The fourth-order valence-corrected chi connectivity index (χ4v) is 3.18. The maximum Gasteiger partial charge on any atom is 0.254 e. The Morgan fingerprint density at radius 3 is 2.81 bits per heavy atom. The highest BCUT2D eigenvalue weighted by Gasteiger charge is 2.17. The Morgan fingerprint density at radius 1 is 1.15 bits per heavy atom. The predicted octanol–water partition coefficient (Wildman–Crippen LogP) is 3.29. The van der Waals surface area contributed by atoms with Crippen molar-refractivity contribution in [2.24, 2.45) is 0 Å². The van der Waals surface area contributed by atoms with Gasteiger partial charge in [-0.3, -0.25) is 9.48 Å². The topological polar surface area (TPSA) is 65.4 Å². The molecule has 1 aliphatic rings. The molecule has 1 aliphatic heterocycles. The lowest BCUT2D eigenvalue weighted by molar-refractivity contribution is 0.0950. The Kier molecular flexibility index (Phi) is 4.98. The van der Waals surface area contributed by atoms with Gasteiger partial charge in [-0.05, 0) is 23.3 Å². The molecule has 3 aromatic rings. The number of halogens is 1. The van der Waals surface area contributed by atoms with Crippen molar-refractivity contribution in [3.05, 3.63) is 76.6 Å². The van der Waals surface area contributed by atoms with Gasteiger partial charge in [-0.25, -0.2) is 0 Å². The number of nitrogens with one attached hydrogen (secondary N) is 1. The molecule has 27 heavy (non-hydrogen) atoms. The molecule has 138 valence electrons. The fraction of sp³-hybridized carbons (Fsp3) is 0.200. The van der Waals surface area contributed by atoms with Crippen LogP contribution in [0.1, 0.15) is 21.5 Å². The first kappa shape index (κ1) is 17.4. The maximum atomic E-state index is 12.4. The van der Waals surface area contributed by atoms with Crippen molar-refractivity contribution in [1.82, 2.24) is 15.1 Å². The third kappa shape index (κ3) is 4.06. The molecule has 0 unspecified atom stereocenters. The highest BCUT2D eigenvalue weighted by Crippen LogP contribution is 2.38. The summed E-state index contributed by atoms with van der Waals surface area (Å²) in [5.41, 5.74) is 2.47. The molecule has 0 atom stereocenters. The lowest BCUT2D eigenvalue weighted by Crippen LogP contribution is -2.23. The van der Waals surface area contributed by atoms with Gasteiger partial charge in [0.2, 0.25) is 0 Å². The molecular formula is C20H18ClN3O3. The van der Waals surface area contributed by atoms with Gasteiger partial charge < -0.3 is 14.8 Å². The van der Waals surface area contributed by atoms with E-state index in [4.69, 9.17) is 21.1 Å². The second-order valence-corrected chi connectivity index (χ2v) is 6.60. The van der Waals surface area contributed by atoms with Crippen molar-refractivity contribution in [2.45, 2.75) is 13.1 Å². The molecule has 1 aromatic heterocycles. The van der Waals surface area contributed by atoms with Gasteiger partial charge in [0.25, 0.3) is 5.91 Å². The Hall–Kier alpha value is -2.99. The molecule has 1 N–H and O–H groups in total. The number of amides is 1. The standard InChI is InChI=1S/C20H18ClN3O3/c21-17-8-15(9-18-19(17)27-7-6-26-18)10-22-20(25)16-11-23-24(13-16)12-14-4-2-1-3-5-14/h1-5,8-9,11,13H,6-7,10,12H2,(H,22,25). The van der Waals surface area contributed by atoms with Gasteiger partial charge in [0.15, 0.2) is 11.5 Å². The largest absolute Gasteiger partial charge is 0.486 e. The average Bonchev–Trinajstić information content (AvgIpc) is 3.15. The van der Waals surface area contributed by atoms with Gasteiger partial charge in [0, 0.05) is 12.7 Å². The van der Waals surface area contributed by atoms with Crippen LogP contribution >= 0.6 is 11.6 Å². The van der Waals surface area contributed by atoms with Gasteiger partial charge in [-0.1, -0.05) is 41.9 Å². The van der Waals surface area contributed by atoms with Gasteiger partial charge >= 0.3 is 0 Å². The highest BCUT2D eigenvalue weighted by atomic mass is 35.5. The quantitative estimate of drug-likeness (QED) is 0.734. The minimum atomic E-state index is -0.194. The number of carbonyl (C=O) groups excluding carboxylic acids is 1. The predicted molar refractivity (Wildman–Crippen MR) is 101 cm³/mol. The lowest BCUT2D eigenvalue weighted by atomic mass is 10.2. The van der Waals surface area contributed by atoms with Crippen molar-refractivity contribution >= 4 is 17.5 Å². The molecule has 0 radical (unpaired) electrons. The number of carbonyl (C=O) groups is 1. The summed E-state index contributed by atoms with van der Waals surface area (Å²) >= 11 is 6.23. The molecule has 0 aliphatic carbocycles. The highest BCUT2D eigenvalue weighted by molar-refractivity contribution is 6.32. The zero-order valence-electron chi connectivity index (χ0n) is 14.5. The van der Waals surface area contributed by atoms with Crippen LogP contribution in [-0.4, -0.2) is 28.9 Å². The summed E-state index contributed by atoms with van der Waals surface area (Å²) < 4.78 is 12.8. The minimum Gasteiger partial charge on any atom is -0.486 e. The Balaban J connectivity index is 1.39. The summed E-state index contributed by atoms with van der Waals surface area (Å²) in [6.07, 6.45) is 3.30. The second-order valence-electron chi connectivity index (χ2n) is 6.20. The molecule has 7 heteroatoms. The van der Waals surface area contributed by atoms with E-state index in [0.29, 0.717) is 48.4 Å². The molecule has 2 aromatic carbocycles. The molecule has 2 heterocycles. The lowest BCUT2D eigenvalue weighted by Gasteiger charge is -2.20. The number of benzene rings is 2. The van der Waals surface area contributed by atoms with E-state index in [9.17, 15) is 4.79 Å². The van der Waals surface area contributed by atoms with Crippen LogP contribution in [0.5, 0.6) is 11.5 Å². The molecule has 4 rings (SSSR count). The van der Waals surface area contributed by atoms with E-state index in [1.165, 1.54) is 0 Å². The molecule has 1 amide bonds. The molecular weight excluding hydrogens is 366 g/mol. The van der Waals surface area contributed by atoms with Crippen LogP contribution in [0, 0.1) is 0 Å². The van der Waals surface area contributed by atoms with Crippen LogP contribution in [0.2, 0.25) is 5.02 Å². The van der Waals surface area contributed by atoms with E-state index in [2.05, 4.69) is 10.4 Å². The number of ether oxygens (including phenoxy) is 2. The van der Waals surface area contributed by atoms with E-state index in [0.717, 1.165) is 11.1 Å². The van der Waals surface area contributed by atoms with Crippen LogP contribution in [0.15, 0.2) is 54.9 Å². The molecule has 6 nitrogen and oxygen atoms in total. The first-order valence-electron chi connectivity index (χ1n) is 8.61. The number of nitrogens with zero attached hydrogens (tertiary/aromatic N) is 2. The molecule has 0 fully saturated rings. The van der Waals surface area contributed by atoms with Crippen LogP contribution in [0.25, 0.3) is 0 Å². The number of aromatic nitrogens is 2. The monoisotopic (exact) mass is 383 g/mol. The zero-order chi connectivity index (χ0) is 18.6. The molecule has 0 spiro atoms. The summed E-state index contributed by atoms with van der Waals surface area (Å²) in [6.45, 7) is 1.92. The summed E-state index contributed by atoms with van der Waals surface area (Å²) in [4.78, 5) is 12.4. The fourth-order valence-electron chi connectivity index (χ4n) is 2.89. The number of rotatable bonds is 5. The van der Waals surface area contributed by atoms with Gasteiger partial charge in [0.1, 0.15) is 13.2 Å². The molecule has 0 saturated carbocycles. The first-order chi connectivity index (χ1) is 13.2. The Morgan fingerprint density at radius 2 is 1.96 bits per heavy atom. The van der Waals surface area contributed by atoms with Crippen molar-refractivity contribution < 1.29 is 14.3 Å². The summed E-state index contributed by atoms with van der Waals surface area (Å²) in [7, 11) is 0. The van der Waals surface area contributed by atoms with E-state index >= 15 is 0 Å². The second kappa shape index (κ2) is 7.72. The van der Waals surface area contributed by atoms with Crippen molar-refractivity contribution in [3.63, 3.8) is 0 Å². The van der Waals surface area contributed by atoms with Crippen LogP contribution in [-0.2, 0) is 13.1 Å². The minimum absolute atomic E-state index is 0.194. The van der Waals surface area contributed by atoms with Crippen LogP contribution in [0.4, 0.5) is 0 Å². The van der Waals surface area contributed by atoms with E-state index in [1.807, 2.05) is 36.4 Å². The van der Waals surface area contributed by atoms with Crippen LogP contribution < -0.4 is 14.8 Å². The summed E-state index contributed by atoms with van der Waals surface area (Å²) in [6, 6.07) is 13.6. The van der Waals surface area contributed by atoms with Crippen LogP contribution in [0.3, 0.4) is 0 Å². The van der Waals surface area contributed by atoms with Gasteiger partial charge in [-0.15, -0.1) is 0 Å². The zero-order valence-corrected chi connectivity index (χ0v) is 15.3. The van der Waals surface area contributed by atoms with Crippen molar-refractivity contribution in [3.8, 4) is 11.5 Å². The van der Waals surface area contributed by atoms with Gasteiger partial charge in [0.05, 0.1) is 23.3 Å². The van der Waals surface area contributed by atoms with E-state index in [1.54, 1.807) is 23.1 Å². The number of hydrogen-bond donors (Lipinski definition) is 1. The summed E-state index contributed by atoms with van der Waals surface area (Å²) in [5, 5.41) is 7.62. The number of fused-ring (bicyclic) bond motifs is 1. The Labute approximate surface area is 161 Å². The van der Waals surface area contributed by atoms with E-state index < -0.39 is 0 Å². The Bertz CT molecular complexity index is 956. The smallest absolute Gasteiger partial charge is 0.254 e. The normalized spacial score (nSPS) is 12.6. The SMILES string of the molecule is O=C(NCc1cc(Cl)c2c(c1)OCCO2)c1cnn(Cc2ccccc2)c1. The van der Waals surface area contributed by atoms with Crippen molar-refractivity contribution in [1.29, 1.82) is 0 Å². The third-order valence-electron chi connectivity index (χ3n) is 4.19. The number of hydrogen-bond acceptors (Lipinski definition) is 4. The average molecular weight is 384 g/mol. The maximum absolute atomic E-state index is 12.4. The van der Waals surface area contributed by atoms with Gasteiger partial charge in [-0.2, -0.15) is 5.10 Å². The first-order valence-corrected chi connectivity index (χ1v) is 8.99. The summed E-state index contributed by atoms with van der Waals surface area (Å²) in [5.74, 6) is 0.967. The van der Waals surface area contributed by atoms with E-state index in [-0.39, 0.29) is 5.91 Å². The van der Waals surface area contributed by atoms with Crippen molar-refractivity contribution in [2.75, 3.05) is 13.2 Å². The third-order valence-corrected chi connectivity index (χ3v) is 4.47. The molecule has 0 bridgehead atoms. The molecule has 0 saturated heterocycles.